The molecule has 0 radical (unpaired) electrons. The van der Waals surface area contributed by atoms with E-state index in [4.69, 9.17) is 11.6 Å². The lowest BCUT2D eigenvalue weighted by Gasteiger charge is -2.03. The van der Waals surface area contributed by atoms with Crippen LogP contribution >= 0.6 is 11.6 Å². The second kappa shape index (κ2) is 5.79. The number of ketones is 1. The number of nitrogens with zero attached hydrogens (tertiary/aromatic N) is 1. The predicted molar refractivity (Wildman–Crippen MR) is 72.5 cm³/mol. The van der Waals surface area contributed by atoms with Gasteiger partial charge in [0.05, 0.1) is 10.5 Å². The van der Waals surface area contributed by atoms with Crippen LogP contribution < -0.4 is 0 Å². The molecule has 2 aromatic carbocycles. The Balaban J connectivity index is 2.29. The van der Waals surface area contributed by atoms with E-state index < -0.39 is 16.5 Å². The van der Waals surface area contributed by atoms with E-state index in [1.54, 1.807) is 0 Å². The van der Waals surface area contributed by atoms with Gasteiger partial charge >= 0.3 is 0 Å². The summed E-state index contributed by atoms with van der Waals surface area (Å²) in [6.45, 7) is 0. The largest absolute Gasteiger partial charge is 0.294 e. The summed E-state index contributed by atoms with van der Waals surface area (Å²) in [6.07, 6.45) is -0.0389. The molecule has 0 aliphatic heterocycles. The third-order valence-electron chi connectivity index (χ3n) is 2.73. The first-order valence-corrected chi connectivity index (χ1v) is 6.07. The molecule has 0 aliphatic carbocycles. The van der Waals surface area contributed by atoms with E-state index in [1.807, 2.05) is 0 Å². The van der Waals surface area contributed by atoms with Crippen molar-refractivity contribution in [3.8, 4) is 0 Å². The Morgan fingerprint density at radius 3 is 2.45 bits per heavy atom. The second-order valence-electron chi connectivity index (χ2n) is 4.14. The standard InChI is InChI=1S/C14H9ClFNO3/c15-10-3-6-12(13(8-10)17(19)20)14(18)7-9-1-4-11(16)5-2-9/h1-6,8H,7H2. The summed E-state index contributed by atoms with van der Waals surface area (Å²) in [4.78, 5) is 22.4. The molecule has 0 heterocycles. The van der Waals surface area contributed by atoms with Crippen molar-refractivity contribution in [2.45, 2.75) is 6.42 Å². The Bertz CT molecular complexity index is 671. The number of nitro benzene ring substituents is 1. The highest BCUT2D eigenvalue weighted by molar-refractivity contribution is 6.31. The van der Waals surface area contributed by atoms with Crippen molar-refractivity contribution in [2.75, 3.05) is 0 Å². The van der Waals surface area contributed by atoms with Gasteiger partial charge in [0.15, 0.2) is 5.78 Å². The van der Waals surface area contributed by atoms with Crippen LogP contribution in [0.3, 0.4) is 0 Å². The lowest BCUT2D eigenvalue weighted by Crippen LogP contribution is -2.07. The van der Waals surface area contributed by atoms with E-state index in [1.165, 1.54) is 36.4 Å². The van der Waals surface area contributed by atoms with Crippen molar-refractivity contribution in [3.63, 3.8) is 0 Å². The number of nitro groups is 1. The Morgan fingerprint density at radius 1 is 1.20 bits per heavy atom. The van der Waals surface area contributed by atoms with Crippen LogP contribution in [0.5, 0.6) is 0 Å². The van der Waals surface area contributed by atoms with Crippen molar-refractivity contribution < 1.29 is 14.1 Å². The summed E-state index contributed by atoms with van der Waals surface area (Å²) in [7, 11) is 0. The van der Waals surface area contributed by atoms with Crippen LogP contribution in [0, 0.1) is 15.9 Å². The fourth-order valence-electron chi connectivity index (χ4n) is 1.77. The number of hydrogen-bond donors (Lipinski definition) is 0. The predicted octanol–water partition coefficient (Wildman–Crippen LogP) is 3.81. The van der Waals surface area contributed by atoms with E-state index in [9.17, 15) is 19.3 Å². The topological polar surface area (TPSA) is 60.2 Å². The highest BCUT2D eigenvalue weighted by Gasteiger charge is 2.20. The molecule has 4 nitrogen and oxygen atoms in total. The van der Waals surface area contributed by atoms with Crippen LogP contribution in [0.4, 0.5) is 10.1 Å². The van der Waals surface area contributed by atoms with Crippen LogP contribution in [0.15, 0.2) is 42.5 Å². The Hall–Kier alpha value is -2.27. The lowest BCUT2D eigenvalue weighted by molar-refractivity contribution is -0.385. The summed E-state index contributed by atoms with van der Waals surface area (Å²) < 4.78 is 12.8. The van der Waals surface area contributed by atoms with E-state index in [2.05, 4.69) is 0 Å². The monoisotopic (exact) mass is 293 g/mol. The zero-order chi connectivity index (χ0) is 14.7. The average Bonchev–Trinajstić information content (AvgIpc) is 2.41. The molecule has 0 aliphatic rings. The molecule has 6 heteroatoms. The number of hydrogen-bond acceptors (Lipinski definition) is 3. The molecular weight excluding hydrogens is 285 g/mol. The third-order valence-corrected chi connectivity index (χ3v) is 2.97. The highest BCUT2D eigenvalue weighted by atomic mass is 35.5. The van der Waals surface area contributed by atoms with Gasteiger partial charge in [-0.05, 0) is 29.8 Å². The molecule has 0 N–H and O–H groups in total. The molecule has 0 spiro atoms. The number of carbonyl (C=O) groups is 1. The van der Waals surface area contributed by atoms with E-state index in [0.29, 0.717) is 5.56 Å². The summed E-state index contributed by atoms with van der Waals surface area (Å²) in [5, 5.41) is 11.1. The molecular formula is C14H9ClFNO3. The summed E-state index contributed by atoms with van der Waals surface area (Å²) in [6, 6.07) is 9.29. The first-order chi connectivity index (χ1) is 9.47. The summed E-state index contributed by atoms with van der Waals surface area (Å²) in [5.41, 5.74) is 0.244. The van der Waals surface area contributed by atoms with Gasteiger partial charge in [-0.3, -0.25) is 14.9 Å². The zero-order valence-electron chi connectivity index (χ0n) is 10.2. The minimum Gasteiger partial charge on any atom is -0.294 e. The Labute approximate surface area is 119 Å². The number of benzene rings is 2. The van der Waals surface area contributed by atoms with Crippen LogP contribution in [0.1, 0.15) is 15.9 Å². The van der Waals surface area contributed by atoms with Gasteiger partial charge in [-0.25, -0.2) is 4.39 Å². The molecule has 0 amide bonds. The smallest absolute Gasteiger partial charge is 0.281 e. The van der Waals surface area contributed by atoms with Crippen LogP contribution in [0.2, 0.25) is 5.02 Å². The van der Waals surface area contributed by atoms with Crippen LogP contribution in [0.25, 0.3) is 0 Å². The summed E-state index contributed by atoms with van der Waals surface area (Å²) >= 11 is 5.69. The van der Waals surface area contributed by atoms with Gasteiger partial charge in [-0.2, -0.15) is 0 Å². The highest BCUT2D eigenvalue weighted by Crippen LogP contribution is 2.24. The molecule has 0 atom stereocenters. The van der Waals surface area contributed by atoms with Gasteiger partial charge in [0.2, 0.25) is 0 Å². The minimum absolute atomic E-state index is 0.0104. The van der Waals surface area contributed by atoms with Crippen molar-refractivity contribution in [1.29, 1.82) is 0 Å². The molecule has 0 bridgehead atoms. The average molecular weight is 294 g/mol. The van der Waals surface area contributed by atoms with Gasteiger partial charge in [-0.1, -0.05) is 23.7 Å². The SMILES string of the molecule is O=C(Cc1ccc(F)cc1)c1ccc(Cl)cc1[N+](=O)[O-]. The Kier molecular flexibility index (Phi) is 4.10. The molecule has 0 fully saturated rings. The number of Topliss-reactive ketones (excluding diaryl/α,β-unsaturated/α-hetero) is 1. The summed E-state index contributed by atoms with van der Waals surface area (Å²) in [5.74, 6) is -0.821. The van der Waals surface area contributed by atoms with Crippen LogP contribution in [-0.4, -0.2) is 10.7 Å². The number of halogens is 2. The maximum atomic E-state index is 12.8. The lowest BCUT2D eigenvalue weighted by atomic mass is 10.0. The molecule has 2 aromatic rings. The zero-order valence-corrected chi connectivity index (χ0v) is 10.9. The fourth-order valence-corrected chi connectivity index (χ4v) is 1.94. The van der Waals surface area contributed by atoms with E-state index in [-0.39, 0.29) is 22.7 Å². The van der Waals surface area contributed by atoms with Crippen LogP contribution in [-0.2, 0) is 6.42 Å². The minimum atomic E-state index is -0.649. The quantitative estimate of drug-likeness (QED) is 0.489. The first kappa shape index (κ1) is 14.1. The molecule has 0 unspecified atom stereocenters. The van der Waals surface area contributed by atoms with E-state index in [0.717, 1.165) is 6.07 Å². The first-order valence-electron chi connectivity index (χ1n) is 5.69. The molecule has 20 heavy (non-hydrogen) atoms. The van der Waals surface area contributed by atoms with Crippen molar-refractivity contribution in [1.82, 2.24) is 0 Å². The van der Waals surface area contributed by atoms with E-state index >= 15 is 0 Å². The second-order valence-corrected chi connectivity index (χ2v) is 4.58. The number of carbonyl (C=O) groups excluding carboxylic acids is 1. The van der Waals surface area contributed by atoms with Gasteiger partial charge in [0, 0.05) is 17.5 Å². The van der Waals surface area contributed by atoms with Crippen molar-refractivity contribution in [3.05, 3.63) is 74.5 Å². The number of rotatable bonds is 4. The molecule has 0 saturated carbocycles. The normalized spacial score (nSPS) is 10.3. The van der Waals surface area contributed by atoms with Gasteiger partial charge in [-0.15, -0.1) is 0 Å². The van der Waals surface area contributed by atoms with Gasteiger partial charge < -0.3 is 0 Å². The molecule has 0 aromatic heterocycles. The van der Waals surface area contributed by atoms with Crippen molar-refractivity contribution in [2.24, 2.45) is 0 Å². The molecule has 102 valence electrons. The maximum absolute atomic E-state index is 12.8. The fraction of sp³-hybridized carbons (Fsp3) is 0.0714. The van der Waals surface area contributed by atoms with Gasteiger partial charge in [0.1, 0.15) is 5.82 Å². The maximum Gasteiger partial charge on any atom is 0.281 e. The van der Waals surface area contributed by atoms with Gasteiger partial charge in [0.25, 0.3) is 5.69 Å². The molecule has 2 rings (SSSR count). The Morgan fingerprint density at radius 2 is 1.85 bits per heavy atom. The molecule has 0 saturated heterocycles. The van der Waals surface area contributed by atoms with Crippen molar-refractivity contribution >= 4 is 23.1 Å². The third kappa shape index (κ3) is 3.19.